The van der Waals surface area contributed by atoms with Crippen LogP contribution in [-0.4, -0.2) is 47.8 Å². The van der Waals surface area contributed by atoms with Crippen molar-refractivity contribution >= 4 is 5.97 Å². The van der Waals surface area contributed by atoms with E-state index < -0.39 is 52.7 Å². The van der Waals surface area contributed by atoms with Crippen molar-refractivity contribution in [3.63, 3.8) is 0 Å². The van der Waals surface area contributed by atoms with Crippen LogP contribution in [0.5, 0.6) is 46.0 Å². The number of rotatable bonds is 3. The standard InChI is InChI=1S/C22H18O10/c23-12-2-1-3-17-11(12)8-18(21(31-17)9-4-13(24)19(28)14(25)5-9)32-22(30)10-6-15(26)20(29)16(27)7-10/h1-7,18,21,23-29H,8H2/t18-,21+/m1/s1. The van der Waals surface area contributed by atoms with Gasteiger partial charge in [-0.25, -0.2) is 4.79 Å². The maximum atomic E-state index is 12.7. The van der Waals surface area contributed by atoms with Gasteiger partial charge in [-0.3, -0.25) is 0 Å². The maximum Gasteiger partial charge on any atom is 0.338 e. The Morgan fingerprint density at radius 3 is 1.97 bits per heavy atom. The quantitative estimate of drug-likeness (QED) is 0.235. The molecule has 4 rings (SSSR count). The molecule has 0 fully saturated rings. The van der Waals surface area contributed by atoms with E-state index in [1.807, 2.05) is 0 Å². The van der Waals surface area contributed by atoms with E-state index in [-0.39, 0.29) is 29.0 Å². The Balaban J connectivity index is 1.73. The highest BCUT2D eigenvalue weighted by molar-refractivity contribution is 5.91. The molecule has 0 bridgehead atoms. The number of phenolic OH excluding ortho intramolecular Hbond substituents is 7. The number of ether oxygens (including phenoxy) is 2. The van der Waals surface area contributed by atoms with E-state index in [2.05, 4.69) is 0 Å². The Morgan fingerprint density at radius 1 is 0.812 bits per heavy atom. The molecule has 0 amide bonds. The Hall–Kier alpha value is -4.47. The van der Waals surface area contributed by atoms with Crippen molar-refractivity contribution in [3.05, 3.63) is 59.2 Å². The zero-order chi connectivity index (χ0) is 23.2. The van der Waals surface area contributed by atoms with Crippen molar-refractivity contribution in [2.24, 2.45) is 0 Å². The average molecular weight is 442 g/mol. The van der Waals surface area contributed by atoms with Crippen LogP contribution in [0.3, 0.4) is 0 Å². The third-order valence-electron chi connectivity index (χ3n) is 5.09. The molecule has 0 unspecified atom stereocenters. The fraction of sp³-hybridized carbons (Fsp3) is 0.136. The molecule has 0 aromatic heterocycles. The summed E-state index contributed by atoms with van der Waals surface area (Å²) >= 11 is 0. The van der Waals surface area contributed by atoms with Crippen molar-refractivity contribution in [2.75, 3.05) is 0 Å². The first-order valence-corrected chi connectivity index (χ1v) is 9.34. The average Bonchev–Trinajstić information content (AvgIpc) is 2.75. The molecule has 1 aliphatic rings. The van der Waals surface area contributed by atoms with Gasteiger partial charge in [-0.1, -0.05) is 6.07 Å². The van der Waals surface area contributed by atoms with E-state index in [1.165, 1.54) is 6.07 Å². The highest BCUT2D eigenvalue weighted by atomic mass is 16.6. The first-order valence-electron chi connectivity index (χ1n) is 9.34. The van der Waals surface area contributed by atoms with Gasteiger partial charge in [0.05, 0.1) is 5.56 Å². The molecule has 0 saturated heterocycles. The van der Waals surface area contributed by atoms with Crippen LogP contribution >= 0.6 is 0 Å². The molecule has 10 nitrogen and oxygen atoms in total. The fourth-order valence-electron chi connectivity index (χ4n) is 3.49. The number of benzene rings is 3. The van der Waals surface area contributed by atoms with Gasteiger partial charge in [0.25, 0.3) is 0 Å². The van der Waals surface area contributed by atoms with Crippen LogP contribution in [0.1, 0.15) is 27.6 Å². The lowest BCUT2D eigenvalue weighted by atomic mass is 9.93. The Kier molecular flexibility index (Phi) is 4.97. The highest BCUT2D eigenvalue weighted by Gasteiger charge is 2.37. The second-order valence-corrected chi connectivity index (χ2v) is 7.21. The zero-order valence-corrected chi connectivity index (χ0v) is 16.3. The van der Waals surface area contributed by atoms with Crippen molar-refractivity contribution in [3.8, 4) is 46.0 Å². The smallest absolute Gasteiger partial charge is 0.338 e. The summed E-state index contributed by atoms with van der Waals surface area (Å²) in [7, 11) is 0. The molecule has 0 radical (unpaired) electrons. The Labute approximate surface area is 180 Å². The number of aromatic hydroxyl groups is 7. The van der Waals surface area contributed by atoms with Gasteiger partial charge >= 0.3 is 5.97 Å². The van der Waals surface area contributed by atoms with Gasteiger partial charge in [-0.2, -0.15) is 0 Å². The Morgan fingerprint density at radius 2 is 1.38 bits per heavy atom. The molecule has 1 aliphatic heterocycles. The first-order chi connectivity index (χ1) is 15.2. The van der Waals surface area contributed by atoms with Gasteiger partial charge in [-0.05, 0) is 36.4 Å². The minimum Gasteiger partial charge on any atom is -0.508 e. The Bertz CT molecular complexity index is 1170. The summed E-state index contributed by atoms with van der Waals surface area (Å²) in [6, 6.07) is 8.62. The van der Waals surface area contributed by atoms with Gasteiger partial charge in [-0.15, -0.1) is 0 Å². The molecule has 166 valence electrons. The second kappa shape index (κ2) is 7.65. The SMILES string of the molecule is O=C(O[C@@H]1Cc2c(O)cccc2O[C@H]1c1cc(O)c(O)c(O)c1)c1cc(O)c(O)c(O)c1. The maximum absolute atomic E-state index is 12.7. The van der Waals surface area contributed by atoms with E-state index in [4.69, 9.17) is 9.47 Å². The molecular weight excluding hydrogens is 424 g/mol. The molecule has 32 heavy (non-hydrogen) atoms. The number of phenols is 7. The fourth-order valence-corrected chi connectivity index (χ4v) is 3.49. The van der Waals surface area contributed by atoms with Gasteiger partial charge in [0.1, 0.15) is 17.6 Å². The molecule has 10 heteroatoms. The summed E-state index contributed by atoms with van der Waals surface area (Å²) in [4.78, 5) is 12.7. The van der Waals surface area contributed by atoms with E-state index in [9.17, 15) is 40.5 Å². The molecule has 0 aliphatic carbocycles. The third-order valence-corrected chi connectivity index (χ3v) is 5.09. The van der Waals surface area contributed by atoms with Gasteiger partial charge in [0.2, 0.25) is 0 Å². The topological polar surface area (TPSA) is 177 Å². The van der Waals surface area contributed by atoms with Crippen molar-refractivity contribution in [2.45, 2.75) is 18.6 Å². The van der Waals surface area contributed by atoms with E-state index in [0.29, 0.717) is 5.56 Å². The summed E-state index contributed by atoms with van der Waals surface area (Å²) < 4.78 is 11.4. The van der Waals surface area contributed by atoms with Crippen LogP contribution in [0.15, 0.2) is 42.5 Å². The summed E-state index contributed by atoms with van der Waals surface area (Å²) in [6.07, 6.45) is -2.17. The minimum atomic E-state index is -1.09. The minimum absolute atomic E-state index is 0.0170. The molecule has 1 heterocycles. The monoisotopic (exact) mass is 442 g/mol. The molecule has 0 saturated carbocycles. The number of esters is 1. The zero-order valence-electron chi connectivity index (χ0n) is 16.3. The number of fused-ring (bicyclic) bond motifs is 1. The number of carbonyl (C=O) groups is 1. The lowest BCUT2D eigenvalue weighted by Gasteiger charge is -2.34. The first kappa shape index (κ1) is 20.8. The van der Waals surface area contributed by atoms with E-state index in [1.54, 1.807) is 12.1 Å². The number of hydrogen-bond acceptors (Lipinski definition) is 10. The normalized spacial score (nSPS) is 17.2. The molecule has 7 N–H and O–H groups in total. The van der Waals surface area contributed by atoms with E-state index in [0.717, 1.165) is 24.3 Å². The summed E-state index contributed by atoms with van der Waals surface area (Å²) in [5.41, 5.74) is 0.252. The predicted octanol–water partition coefficient (Wildman–Crippen LogP) is 2.53. The van der Waals surface area contributed by atoms with Crippen molar-refractivity contribution in [1.29, 1.82) is 0 Å². The number of carbonyl (C=O) groups excluding carboxylic acids is 1. The predicted molar refractivity (Wildman–Crippen MR) is 107 cm³/mol. The number of hydrogen-bond donors (Lipinski definition) is 7. The van der Waals surface area contributed by atoms with Gasteiger partial charge in [0.15, 0.2) is 40.6 Å². The van der Waals surface area contributed by atoms with Crippen LogP contribution in [0, 0.1) is 0 Å². The van der Waals surface area contributed by atoms with Crippen LogP contribution in [0.25, 0.3) is 0 Å². The van der Waals surface area contributed by atoms with Crippen molar-refractivity contribution in [1.82, 2.24) is 0 Å². The summed E-state index contributed by atoms with van der Waals surface area (Å²) in [5, 5.41) is 68.4. The summed E-state index contributed by atoms with van der Waals surface area (Å²) in [6.45, 7) is 0. The molecule has 2 atom stereocenters. The molecule has 3 aromatic rings. The molecular formula is C22H18O10. The third kappa shape index (κ3) is 3.58. The van der Waals surface area contributed by atoms with Gasteiger partial charge in [0, 0.05) is 17.5 Å². The van der Waals surface area contributed by atoms with Gasteiger partial charge < -0.3 is 45.2 Å². The van der Waals surface area contributed by atoms with Crippen LogP contribution in [0.2, 0.25) is 0 Å². The second-order valence-electron chi connectivity index (χ2n) is 7.21. The highest BCUT2D eigenvalue weighted by Crippen LogP contribution is 2.44. The van der Waals surface area contributed by atoms with Crippen LogP contribution < -0.4 is 4.74 Å². The molecule has 0 spiro atoms. The van der Waals surface area contributed by atoms with E-state index >= 15 is 0 Å². The van der Waals surface area contributed by atoms with Crippen molar-refractivity contribution < 1.29 is 50.0 Å². The lowest BCUT2D eigenvalue weighted by molar-refractivity contribution is -0.0188. The molecule has 3 aromatic carbocycles. The van der Waals surface area contributed by atoms with Crippen LogP contribution in [0.4, 0.5) is 0 Å². The van der Waals surface area contributed by atoms with Crippen LogP contribution in [-0.2, 0) is 11.2 Å². The summed E-state index contributed by atoms with van der Waals surface area (Å²) in [5.74, 6) is -5.03. The largest absolute Gasteiger partial charge is 0.508 e. The lowest BCUT2D eigenvalue weighted by Crippen LogP contribution is -2.34.